The lowest BCUT2D eigenvalue weighted by atomic mass is 9.84. The number of likely N-dealkylation sites (tertiary alicyclic amines) is 1. The number of nitrogens with zero attached hydrogens (tertiary/aromatic N) is 1. The van der Waals surface area contributed by atoms with Crippen LogP contribution in [0.5, 0.6) is 0 Å². The molecular formula is C18H19NO. The third-order valence-corrected chi connectivity index (χ3v) is 4.23. The van der Waals surface area contributed by atoms with Crippen molar-refractivity contribution in [2.45, 2.75) is 19.4 Å². The second kappa shape index (κ2) is 5.49. The molecule has 3 rings (SSSR count). The van der Waals surface area contributed by atoms with E-state index < -0.39 is 0 Å². The predicted molar refractivity (Wildman–Crippen MR) is 80.6 cm³/mol. The standard InChI is InChI=1S/C18H19NO/c1-14-17(12-15-8-4-2-5-9-15)13-19(14)18(20)16-10-6-3-7-11-16/h2-11,14,17H,12-13H2,1H3/t14-,17+/m1/s1. The van der Waals surface area contributed by atoms with Crippen molar-refractivity contribution in [3.05, 3.63) is 71.8 Å². The van der Waals surface area contributed by atoms with E-state index >= 15 is 0 Å². The molecule has 0 aromatic heterocycles. The van der Waals surface area contributed by atoms with Crippen molar-refractivity contribution in [2.75, 3.05) is 6.54 Å². The minimum atomic E-state index is 0.155. The van der Waals surface area contributed by atoms with Gasteiger partial charge in [-0.25, -0.2) is 0 Å². The Labute approximate surface area is 120 Å². The molecule has 0 N–H and O–H groups in total. The first-order valence-corrected chi connectivity index (χ1v) is 7.15. The molecule has 2 aromatic rings. The third kappa shape index (κ3) is 2.46. The van der Waals surface area contributed by atoms with Crippen LogP contribution in [0.2, 0.25) is 0 Å². The summed E-state index contributed by atoms with van der Waals surface area (Å²) < 4.78 is 0. The lowest BCUT2D eigenvalue weighted by Crippen LogP contribution is -2.57. The summed E-state index contributed by atoms with van der Waals surface area (Å²) in [5.74, 6) is 0.729. The number of hydrogen-bond acceptors (Lipinski definition) is 1. The molecule has 1 amide bonds. The number of hydrogen-bond donors (Lipinski definition) is 0. The summed E-state index contributed by atoms with van der Waals surface area (Å²) >= 11 is 0. The maximum absolute atomic E-state index is 12.4. The van der Waals surface area contributed by atoms with E-state index in [4.69, 9.17) is 0 Å². The van der Waals surface area contributed by atoms with E-state index in [0.717, 1.165) is 18.5 Å². The fourth-order valence-corrected chi connectivity index (χ4v) is 2.85. The smallest absolute Gasteiger partial charge is 0.254 e. The second-order valence-electron chi connectivity index (χ2n) is 5.51. The van der Waals surface area contributed by atoms with Crippen molar-refractivity contribution in [3.63, 3.8) is 0 Å². The van der Waals surface area contributed by atoms with Gasteiger partial charge in [0.05, 0.1) is 0 Å². The van der Waals surface area contributed by atoms with E-state index in [1.807, 2.05) is 41.3 Å². The van der Waals surface area contributed by atoms with E-state index in [-0.39, 0.29) is 5.91 Å². The molecule has 0 unspecified atom stereocenters. The van der Waals surface area contributed by atoms with E-state index in [1.54, 1.807) is 0 Å². The van der Waals surface area contributed by atoms with Gasteiger partial charge in [-0.2, -0.15) is 0 Å². The largest absolute Gasteiger partial charge is 0.335 e. The Morgan fingerprint density at radius 2 is 1.65 bits per heavy atom. The molecule has 20 heavy (non-hydrogen) atoms. The first-order valence-electron chi connectivity index (χ1n) is 7.15. The quantitative estimate of drug-likeness (QED) is 0.833. The van der Waals surface area contributed by atoms with Crippen molar-refractivity contribution in [3.8, 4) is 0 Å². The zero-order valence-electron chi connectivity index (χ0n) is 11.7. The van der Waals surface area contributed by atoms with Gasteiger partial charge in [0, 0.05) is 24.1 Å². The molecule has 1 aliphatic rings. The fourth-order valence-electron chi connectivity index (χ4n) is 2.85. The summed E-state index contributed by atoms with van der Waals surface area (Å²) in [7, 11) is 0. The molecule has 1 fully saturated rings. The molecule has 2 nitrogen and oxygen atoms in total. The topological polar surface area (TPSA) is 20.3 Å². The minimum absolute atomic E-state index is 0.155. The van der Waals surface area contributed by atoms with Gasteiger partial charge in [-0.15, -0.1) is 0 Å². The maximum Gasteiger partial charge on any atom is 0.254 e. The number of carbonyl (C=O) groups excluding carboxylic acids is 1. The molecule has 2 aromatic carbocycles. The molecule has 1 saturated heterocycles. The normalized spacial score (nSPS) is 21.4. The number of carbonyl (C=O) groups is 1. The summed E-state index contributed by atoms with van der Waals surface area (Å²) in [5, 5.41) is 0. The van der Waals surface area contributed by atoms with Crippen LogP contribution in [0, 0.1) is 5.92 Å². The van der Waals surface area contributed by atoms with Gasteiger partial charge in [-0.1, -0.05) is 48.5 Å². The summed E-state index contributed by atoms with van der Waals surface area (Å²) in [6, 6.07) is 20.4. The highest BCUT2D eigenvalue weighted by Crippen LogP contribution is 2.29. The second-order valence-corrected chi connectivity index (χ2v) is 5.51. The molecule has 0 aliphatic carbocycles. The first kappa shape index (κ1) is 12.9. The first-order chi connectivity index (χ1) is 9.75. The van der Waals surface area contributed by atoms with Crippen LogP contribution < -0.4 is 0 Å². The monoisotopic (exact) mass is 265 g/mol. The highest BCUT2D eigenvalue weighted by atomic mass is 16.2. The molecular weight excluding hydrogens is 246 g/mol. The molecule has 0 bridgehead atoms. The molecule has 2 atom stereocenters. The Morgan fingerprint density at radius 1 is 1.05 bits per heavy atom. The van der Waals surface area contributed by atoms with E-state index in [9.17, 15) is 4.79 Å². The molecule has 2 heteroatoms. The highest BCUT2D eigenvalue weighted by molar-refractivity contribution is 5.94. The number of amides is 1. The lowest BCUT2D eigenvalue weighted by Gasteiger charge is -2.46. The van der Waals surface area contributed by atoms with Gasteiger partial charge in [0.25, 0.3) is 5.91 Å². The van der Waals surface area contributed by atoms with Gasteiger partial charge < -0.3 is 4.90 Å². The Hall–Kier alpha value is -2.09. The Bertz CT molecular complexity index is 579. The lowest BCUT2D eigenvalue weighted by molar-refractivity contribution is 0.0217. The van der Waals surface area contributed by atoms with Crippen LogP contribution in [-0.2, 0) is 6.42 Å². The van der Waals surface area contributed by atoms with Gasteiger partial charge in [0.2, 0.25) is 0 Å². The van der Waals surface area contributed by atoms with E-state index in [1.165, 1.54) is 5.56 Å². The van der Waals surface area contributed by atoms with Gasteiger partial charge in [-0.05, 0) is 31.0 Å². The summed E-state index contributed by atoms with van der Waals surface area (Å²) in [5.41, 5.74) is 2.15. The van der Waals surface area contributed by atoms with E-state index in [2.05, 4.69) is 31.2 Å². The summed E-state index contributed by atoms with van der Waals surface area (Å²) in [4.78, 5) is 14.3. The SMILES string of the molecule is C[C@@H]1[C@@H](Cc2ccccc2)CN1C(=O)c1ccccc1. The minimum Gasteiger partial charge on any atom is -0.335 e. The van der Waals surface area contributed by atoms with Crippen molar-refractivity contribution < 1.29 is 4.79 Å². The van der Waals surface area contributed by atoms with Crippen molar-refractivity contribution in [1.29, 1.82) is 0 Å². The van der Waals surface area contributed by atoms with Crippen molar-refractivity contribution >= 4 is 5.91 Å². The maximum atomic E-state index is 12.4. The van der Waals surface area contributed by atoms with Gasteiger partial charge >= 0.3 is 0 Å². The molecule has 102 valence electrons. The zero-order chi connectivity index (χ0) is 13.9. The molecule has 0 saturated carbocycles. The Kier molecular flexibility index (Phi) is 3.55. The predicted octanol–water partition coefficient (Wildman–Crippen LogP) is 3.39. The van der Waals surface area contributed by atoms with Crippen LogP contribution in [0.4, 0.5) is 0 Å². The highest BCUT2D eigenvalue weighted by Gasteiger charge is 2.38. The zero-order valence-corrected chi connectivity index (χ0v) is 11.7. The molecule has 1 heterocycles. The Morgan fingerprint density at radius 3 is 2.25 bits per heavy atom. The van der Waals surface area contributed by atoms with Gasteiger partial charge in [0.15, 0.2) is 0 Å². The van der Waals surface area contributed by atoms with Crippen LogP contribution >= 0.6 is 0 Å². The average molecular weight is 265 g/mol. The van der Waals surface area contributed by atoms with Crippen molar-refractivity contribution in [2.24, 2.45) is 5.92 Å². The van der Waals surface area contributed by atoms with Crippen LogP contribution in [0.25, 0.3) is 0 Å². The fraction of sp³-hybridized carbons (Fsp3) is 0.278. The number of benzene rings is 2. The van der Waals surface area contributed by atoms with Crippen LogP contribution in [0.1, 0.15) is 22.8 Å². The van der Waals surface area contributed by atoms with Crippen LogP contribution in [-0.4, -0.2) is 23.4 Å². The van der Waals surface area contributed by atoms with Gasteiger partial charge in [0.1, 0.15) is 0 Å². The Balaban J connectivity index is 1.62. The molecule has 0 radical (unpaired) electrons. The van der Waals surface area contributed by atoms with Crippen molar-refractivity contribution in [1.82, 2.24) is 4.90 Å². The van der Waals surface area contributed by atoms with Crippen LogP contribution in [0.15, 0.2) is 60.7 Å². The summed E-state index contributed by atoms with van der Waals surface area (Å²) in [6.45, 7) is 3.02. The van der Waals surface area contributed by atoms with Gasteiger partial charge in [-0.3, -0.25) is 4.79 Å². The average Bonchev–Trinajstić information content (AvgIpc) is 2.52. The van der Waals surface area contributed by atoms with Crippen LogP contribution in [0.3, 0.4) is 0 Å². The summed E-state index contributed by atoms with van der Waals surface area (Å²) in [6.07, 6.45) is 1.06. The molecule has 0 spiro atoms. The number of rotatable bonds is 3. The molecule has 1 aliphatic heterocycles. The van der Waals surface area contributed by atoms with E-state index in [0.29, 0.717) is 12.0 Å². The third-order valence-electron chi connectivity index (χ3n) is 4.23.